The van der Waals surface area contributed by atoms with Gasteiger partial charge in [-0.1, -0.05) is 6.92 Å². The van der Waals surface area contributed by atoms with Gasteiger partial charge in [0.15, 0.2) is 0 Å². The Balaban J connectivity index is 1.73. The van der Waals surface area contributed by atoms with Crippen molar-refractivity contribution in [3.63, 3.8) is 0 Å². The Labute approximate surface area is 114 Å². The van der Waals surface area contributed by atoms with Crippen LogP contribution in [0.1, 0.15) is 38.4 Å². The lowest BCUT2D eigenvalue weighted by Crippen LogP contribution is -2.47. The smallest absolute Gasteiger partial charge is 0.226 e. The zero-order valence-electron chi connectivity index (χ0n) is 11.7. The molecule has 2 heterocycles. The molecule has 0 unspecified atom stereocenters. The highest BCUT2D eigenvalue weighted by Gasteiger charge is 2.37. The largest absolute Gasteiger partial charge is 0.356 e. The molecule has 0 aromatic carbocycles. The first-order chi connectivity index (χ1) is 9.27. The first kappa shape index (κ1) is 14.1. The lowest BCUT2D eigenvalue weighted by molar-refractivity contribution is -0.132. The average molecular weight is 264 g/mol. The third-order valence-corrected chi connectivity index (χ3v) is 4.15. The molecule has 3 N–H and O–H groups in total. The van der Waals surface area contributed by atoms with E-state index in [1.165, 1.54) is 0 Å². The predicted octanol–water partition coefficient (Wildman–Crippen LogP) is 1.24. The third kappa shape index (κ3) is 3.56. The van der Waals surface area contributed by atoms with E-state index in [0.717, 1.165) is 57.6 Å². The summed E-state index contributed by atoms with van der Waals surface area (Å²) in [4.78, 5) is 19.6. The molecule has 106 valence electrons. The van der Waals surface area contributed by atoms with Gasteiger partial charge < -0.3 is 15.6 Å². The summed E-state index contributed by atoms with van der Waals surface area (Å²) >= 11 is 0. The number of aromatic nitrogens is 2. The van der Waals surface area contributed by atoms with E-state index in [1.54, 1.807) is 6.20 Å². The normalized spacial score (nSPS) is 18.2. The van der Waals surface area contributed by atoms with Crippen LogP contribution in [-0.4, -0.2) is 35.5 Å². The van der Waals surface area contributed by atoms with Crippen LogP contribution in [0, 0.1) is 5.41 Å². The van der Waals surface area contributed by atoms with Crippen LogP contribution in [0.2, 0.25) is 0 Å². The highest BCUT2D eigenvalue weighted by Crippen LogP contribution is 2.32. The van der Waals surface area contributed by atoms with Crippen LogP contribution in [0.25, 0.3) is 0 Å². The highest BCUT2D eigenvalue weighted by molar-refractivity contribution is 5.82. The second-order valence-electron chi connectivity index (χ2n) is 5.28. The number of hydrogen-bond acceptors (Lipinski definition) is 3. The molecule has 1 saturated heterocycles. The summed E-state index contributed by atoms with van der Waals surface area (Å²) in [6.45, 7) is 4.75. The second kappa shape index (κ2) is 6.70. The minimum absolute atomic E-state index is 0.143. The SMILES string of the molecule is CCC1(C(=O)NCCCc2ncc[nH]2)CCNCC1. The van der Waals surface area contributed by atoms with Crippen molar-refractivity contribution in [3.8, 4) is 0 Å². The van der Waals surface area contributed by atoms with Gasteiger partial charge in [-0.2, -0.15) is 0 Å². The van der Waals surface area contributed by atoms with E-state index in [0.29, 0.717) is 0 Å². The van der Waals surface area contributed by atoms with Crippen LogP contribution in [0.5, 0.6) is 0 Å². The number of nitrogens with zero attached hydrogens (tertiary/aromatic N) is 1. The minimum atomic E-state index is -0.143. The van der Waals surface area contributed by atoms with Crippen molar-refractivity contribution in [2.24, 2.45) is 5.41 Å². The summed E-state index contributed by atoms with van der Waals surface area (Å²) in [5, 5.41) is 6.42. The number of piperidine rings is 1. The van der Waals surface area contributed by atoms with Crippen molar-refractivity contribution < 1.29 is 4.79 Å². The molecule has 19 heavy (non-hydrogen) atoms. The molecule has 1 fully saturated rings. The molecule has 1 aliphatic heterocycles. The predicted molar refractivity (Wildman–Crippen MR) is 74.7 cm³/mol. The Morgan fingerprint density at radius 2 is 2.26 bits per heavy atom. The van der Waals surface area contributed by atoms with E-state index in [1.807, 2.05) is 6.20 Å². The number of carbonyl (C=O) groups is 1. The molecule has 1 aromatic rings. The van der Waals surface area contributed by atoms with Crippen LogP contribution in [0.3, 0.4) is 0 Å². The Kier molecular flexibility index (Phi) is 4.96. The van der Waals surface area contributed by atoms with E-state index >= 15 is 0 Å². The first-order valence-electron chi connectivity index (χ1n) is 7.24. The Morgan fingerprint density at radius 1 is 1.47 bits per heavy atom. The topological polar surface area (TPSA) is 69.8 Å². The van der Waals surface area contributed by atoms with Crippen molar-refractivity contribution in [2.75, 3.05) is 19.6 Å². The lowest BCUT2D eigenvalue weighted by Gasteiger charge is -2.35. The van der Waals surface area contributed by atoms with Gasteiger partial charge in [0, 0.05) is 25.4 Å². The molecule has 0 saturated carbocycles. The molecule has 0 bridgehead atoms. The fourth-order valence-electron chi connectivity index (χ4n) is 2.73. The zero-order chi connectivity index (χ0) is 13.6. The van der Waals surface area contributed by atoms with Gasteiger partial charge in [-0.3, -0.25) is 4.79 Å². The quantitative estimate of drug-likeness (QED) is 0.677. The van der Waals surface area contributed by atoms with Crippen LogP contribution in [-0.2, 0) is 11.2 Å². The number of imidazole rings is 1. The average Bonchev–Trinajstić information content (AvgIpc) is 2.97. The summed E-state index contributed by atoms with van der Waals surface area (Å²) in [5.41, 5.74) is -0.143. The van der Waals surface area contributed by atoms with Crippen LogP contribution >= 0.6 is 0 Å². The number of amides is 1. The molecule has 1 amide bonds. The Hall–Kier alpha value is -1.36. The van der Waals surface area contributed by atoms with Crippen molar-refractivity contribution >= 4 is 5.91 Å². The van der Waals surface area contributed by atoms with Crippen molar-refractivity contribution in [1.82, 2.24) is 20.6 Å². The van der Waals surface area contributed by atoms with Gasteiger partial charge >= 0.3 is 0 Å². The van der Waals surface area contributed by atoms with Crippen molar-refractivity contribution in [3.05, 3.63) is 18.2 Å². The van der Waals surface area contributed by atoms with Crippen molar-refractivity contribution in [1.29, 1.82) is 0 Å². The van der Waals surface area contributed by atoms with E-state index in [2.05, 4.69) is 27.5 Å². The fraction of sp³-hybridized carbons (Fsp3) is 0.714. The molecule has 5 nitrogen and oxygen atoms in total. The molecular formula is C14H24N4O. The monoisotopic (exact) mass is 264 g/mol. The van der Waals surface area contributed by atoms with Crippen molar-refractivity contribution in [2.45, 2.75) is 39.0 Å². The second-order valence-corrected chi connectivity index (χ2v) is 5.28. The molecule has 5 heteroatoms. The number of hydrogen-bond donors (Lipinski definition) is 3. The molecule has 0 atom stereocenters. The van der Waals surface area contributed by atoms with Gasteiger partial charge in [-0.05, 0) is 38.8 Å². The maximum absolute atomic E-state index is 12.4. The summed E-state index contributed by atoms with van der Waals surface area (Å²) in [7, 11) is 0. The number of H-pyrrole nitrogens is 1. The number of rotatable bonds is 6. The Bertz CT molecular complexity index is 382. The molecule has 1 aliphatic rings. The number of nitrogens with one attached hydrogen (secondary N) is 3. The standard InChI is InChI=1S/C14H24N4O/c1-2-14(5-8-15-9-6-14)13(19)18-7-3-4-12-16-10-11-17-12/h10-11,15H,2-9H2,1H3,(H,16,17)(H,18,19). The molecule has 0 aliphatic carbocycles. The summed E-state index contributed by atoms with van der Waals surface area (Å²) in [6, 6.07) is 0. The van der Waals surface area contributed by atoms with E-state index < -0.39 is 0 Å². The summed E-state index contributed by atoms with van der Waals surface area (Å²) < 4.78 is 0. The maximum atomic E-state index is 12.4. The van der Waals surface area contributed by atoms with Gasteiger partial charge in [0.1, 0.15) is 5.82 Å². The molecular weight excluding hydrogens is 240 g/mol. The molecule has 0 radical (unpaired) electrons. The van der Waals surface area contributed by atoms with E-state index in [-0.39, 0.29) is 11.3 Å². The van der Waals surface area contributed by atoms with Gasteiger partial charge in [0.2, 0.25) is 5.91 Å². The number of carbonyl (C=O) groups excluding carboxylic acids is 1. The molecule has 2 rings (SSSR count). The van der Waals surface area contributed by atoms with Gasteiger partial charge in [-0.15, -0.1) is 0 Å². The lowest BCUT2D eigenvalue weighted by atomic mass is 9.76. The van der Waals surface area contributed by atoms with E-state index in [4.69, 9.17) is 0 Å². The highest BCUT2D eigenvalue weighted by atomic mass is 16.2. The van der Waals surface area contributed by atoms with Crippen LogP contribution in [0.4, 0.5) is 0 Å². The summed E-state index contributed by atoms with van der Waals surface area (Å²) in [5.74, 6) is 1.22. The third-order valence-electron chi connectivity index (χ3n) is 4.15. The van der Waals surface area contributed by atoms with Gasteiger partial charge in [-0.25, -0.2) is 4.98 Å². The Morgan fingerprint density at radius 3 is 2.89 bits per heavy atom. The first-order valence-corrected chi connectivity index (χ1v) is 7.24. The fourth-order valence-corrected chi connectivity index (χ4v) is 2.73. The molecule has 0 spiro atoms. The van der Waals surface area contributed by atoms with Gasteiger partial charge in [0.25, 0.3) is 0 Å². The van der Waals surface area contributed by atoms with Gasteiger partial charge in [0.05, 0.1) is 5.41 Å². The number of aromatic amines is 1. The van der Waals surface area contributed by atoms with Crippen LogP contribution in [0.15, 0.2) is 12.4 Å². The summed E-state index contributed by atoms with van der Waals surface area (Å²) in [6.07, 6.45) is 8.23. The number of aryl methyl sites for hydroxylation is 1. The zero-order valence-corrected chi connectivity index (χ0v) is 11.7. The minimum Gasteiger partial charge on any atom is -0.356 e. The maximum Gasteiger partial charge on any atom is 0.226 e. The van der Waals surface area contributed by atoms with Crippen LogP contribution < -0.4 is 10.6 Å². The molecule has 1 aromatic heterocycles. The van der Waals surface area contributed by atoms with E-state index in [9.17, 15) is 4.79 Å².